The van der Waals surface area contributed by atoms with Crippen molar-refractivity contribution in [1.29, 1.82) is 0 Å². The van der Waals surface area contributed by atoms with Gasteiger partial charge < -0.3 is 19.7 Å². The Morgan fingerprint density at radius 1 is 0.925 bits per heavy atom. The Balaban J connectivity index is 1.31. The van der Waals surface area contributed by atoms with Gasteiger partial charge in [-0.1, -0.05) is 66.7 Å². The van der Waals surface area contributed by atoms with E-state index in [0.29, 0.717) is 31.0 Å². The monoisotopic (exact) mass is 534 g/mol. The van der Waals surface area contributed by atoms with Gasteiger partial charge in [-0.2, -0.15) is 0 Å². The summed E-state index contributed by atoms with van der Waals surface area (Å²) >= 11 is 0. The third-order valence-corrected chi connectivity index (χ3v) is 6.97. The number of ether oxygens (including phenoxy) is 2. The molecule has 1 unspecified atom stereocenters. The smallest absolute Gasteiger partial charge is 0.258 e. The zero-order valence-electron chi connectivity index (χ0n) is 22.7. The van der Waals surface area contributed by atoms with Crippen molar-refractivity contribution in [3.8, 4) is 11.5 Å². The van der Waals surface area contributed by atoms with Gasteiger partial charge in [0.15, 0.2) is 6.61 Å². The van der Waals surface area contributed by atoms with Crippen LogP contribution in [0.2, 0.25) is 0 Å². The quantitative estimate of drug-likeness (QED) is 0.278. The van der Waals surface area contributed by atoms with E-state index in [1.54, 1.807) is 12.0 Å². The number of carbonyl (C=O) groups is 2. The molecular formula is C33H32N3O4. The average Bonchev–Trinajstić information content (AvgIpc) is 3.38. The Morgan fingerprint density at radius 2 is 1.68 bits per heavy atom. The molecule has 7 nitrogen and oxygen atoms in total. The fourth-order valence-electron chi connectivity index (χ4n) is 4.95. The maximum absolute atomic E-state index is 13.1. The average molecular weight is 535 g/mol. The second-order valence-corrected chi connectivity index (χ2v) is 9.78. The molecule has 1 N–H and O–H groups in total. The van der Waals surface area contributed by atoms with Crippen LogP contribution in [0.5, 0.6) is 11.5 Å². The molecule has 5 rings (SSSR count). The van der Waals surface area contributed by atoms with Crippen LogP contribution in [0.4, 0.5) is 5.69 Å². The largest absolute Gasteiger partial charge is 0.496 e. The summed E-state index contributed by atoms with van der Waals surface area (Å²) in [7, 11) is 1.61. The van der Waals surface area contributed by atoms with Crippen LogP contribution in [0, 0.1) is 0 Å². The number of hydrogen-bond donors (Lipinski definition) is 1. The number of rotatable bonds is 11. The van der Waals surface area contributed by atoms with Gasteiger partial charge in [-0.3, -0.25) is 14.9 Å². The molecule has 0 aromatic heterocycles. The van der Waals surface area contributed by atoms with Crippen molar-refractivity contribution in [1.82, 2.24) is 15.5 Å². The molecule has 1 atom stereocenters. The maximum Gasteiger partial charge on any atom is 0.258 e. The lowest BCUT2D eigenvalue weighted by Crippen LogP contribution is -2.46. The van der Waals surface area contributed by atoms with Crippen LogP contribution < -0.4 is 20.1 Å². The van der Waals surface area contributed by atoms with Gasteiger partial charge in [0.1, 0.15) is 11.5 Å². The van der Waals surface area contributed by atoms with Crippen molar-refractivity contribution in [2.24, 2.45) is 0 Å². The molecule has 0 saturated heterocycles. The molecule has 1 aliphatic heterocycles. The van der Waals surface area contributed by atoms with Crippen molar-refractivity contribution < 1.29 is 19.1 Å². The second-order valence-electron chi connectivity index (χ2n) is 9.78. The molecule has 4 aromatic rings. The zero-order valence-corrected chi connectivity index (χ0v) is 22.7. The summed E-state index contributed by atoms with van der Waals surface area (Å²) in [6.45, 7) is 2.08. The summed E-state index contributed by atoms with van der Waals surface area (Å²) in [6, 6.07) is 28.9. The molecule has 4 aromatic carbocycles. The van der Waals surface area contributed by atoms with E-state index in [1.807, 2.05) is 97.2 Å². The molecule has 0 aliphatic carbocycles. The fraction of sp³-hybridized carbons (Fsp3) is 0.212. The van der Waals surface area contributed by atoms with E-state index in [-0.39, 0.29) is 24.5 Å². The van der Waals surface area contributed by atoms with Gasteiger partial charge in [0.05, 0.1) is 18.8 Å². The van der Waals surface area contributed by atoms with E-state index in [4.69, 9.17) is 9.47 Å². The molecule has 7 heteroatoms. The minimum absolute atomic E-state index is 0.0944. The van der Waals surface area contributed by atoms with Crippen LogP contribution in [0.1, 0.15) is 24.5 Å². The molecule has 1 heterocycles. The van der Waals surface area contributed by atoms with Crippen LogP contribution in [0.3, 0.4) is 0 Å². The van der Waals surface area contributed by atoms with E-state index < -0.39 is 0 Å². The molecule has 40 heavy (non-hydrogen) atoms. The summed E-state index contributed by atoms with van der Waals surface area (Å²) in [5.41, 5.74) is 3.84. The molecule has 1 radical (unpaired) electrons. The number of carbonyl (C=O) groups excluding carboxylic acids is 2. The number of nitrogens with zero attached hydrogens (tertiary/aromatic N) is 2. The van der Waals surface area contributed by atoms with Crippen molar-refractivity contribution in [3.05, 3.63) is 108 Å². The first-order valence-electron chi connectivity index (χ1n) is 13.3. The van der Waals surface area contributed by atoms with Gasteiger partial charge in [0.2, 0.25) is 5.91 Å². The van der Waals surface area contributed by atoms with Crippen LogP contribution in [0.25, 0.3) is 16.3 Å². The molecule has 0 saturated carbocycles. The molecule has 1 aliphatic rings. The number of para-hydroxylation sites is 2. The topological polar surface area (TPSA) is 82.0 Å². The van der Waals surface area contributed by atoms with Crippen LogP contribution in [-0.4, -0.2) is 43.0 Å². The summed E-state index contributed by atoms with van der Waals surface area (Å²) in [5, 5.41) is 9.78. The number of methoxy groups -OCH3 is 1. The van der Waals surface area contributed by atoms with Gasteiger partial charge in [-0.25, -0.2) is 0 Å². The van der Waals surface area contributed by atoms with E-state index in [1.165, 1.54) is 6.92 Å². The lowest BCUT2D eigenvalue weighted by atomic mass is 9.99. The molecule has 0 bridgehead atoms. The number of nitrogens with one attached hydrogen (secondary N) is 1. The highest BCUT2D eigenvalue weighted by atomic mass is 16.5. The Bertz CT molecular complexity index is 1550. The van der Waals surface area contributed by atoms with Crippen molar-refractivity contribution in [2.45, 2.75) is 25.9 Å². The van der Waals surface area contributed by atoms with E-state index >= 15 is 0 Å². The van der Waals surface area contributed by atoms with Crippen LogP contribution in [0.15, 0.2) is 97.2 Å². The fourth-order valence-corrected chi connectivity index (χ4v) is 4.95. The van der Waals surface area contributed by atoms with Gasteiger partial charge in [0.25, 0.3) is 5.91 Å². The van der Waals surface area contributed by atoms with Gasteiger partial charge in [-0.15, -0.1) is 0 Å². The molecule has 0 fully saturated rings. The van der Waals surface area contributed by atoms with Crippen molar-refractivity contribution >= 4 is 33.8 Å². The standard InChI is InChI=1S/C33H32N3O4/c1-23(37)36(20-26-11-5-8-14-32(26)39-2)21-28(17-27-19-34-31-13-7-6-12-30(27)31)35-33(38)22-40-29-16-15-24-9-3-4-10-25(24)18-29/h3-16,18-19,28H,17,20-22H2,1-2H3,(H,35,38). The summed E-state index contributed by atoms with van der Waals surface area (Å²) in [5.74, 6) is 0.980. The van der Waals surface area contributed by atoms with Gasteiger partial charge in [-0.05, 0) is 47.0 Å². The number of amides is 2. The summed E-state index contributed by atoms with van der Waals surface area (Å²) < 4.78 is 11.3. The molecule has 203 valence electrons. The third kappa shape index (κ3) is 6.43. The first-order chi connectivity index (χ1) is 19.5. The van der Waals surface area contributed by atoms with E-state index in [9.17, 15) is 9.59 Å². The normalized spacial score (nSPS) is 12.6. The predicted octanol–water partition coefficient (Wildman–Crippen LogP) is 5.44. The minimum atomic E-state index is -0.362. The van der Waals surface area contributed by atoms with Crippen LogP contribution in [-0.2, 0) is 16.1 Å². The number of fused-ring (bicyclic) bond motifs is 2. The second kappa shape index (κ2) is 12.4. The van der Waals surface area contributed by atoms with Gasteiger partial charge >= 0.3 is 0 Å². The van der Waals surface area contributed by atoms with Crippen molar-refractivity contribution in [2.75, 3.05) is 20.3 Å². The number of hydrogen-bond acceptors (Lipinski definition) is 4. The summed E-state index contributed by atoms with van der Waals surface area (Å²) in [6.07, 6.45) is 2.35. The predicted molar refractivity (Wildman–Crippen MR) is 156 cm³/mol. The van der Waals surface area contributed by atoms with Crippen LogP contribution >= 0.6 is 0 Å². The Morgan fingerprint density at radius 3 is 2.50 bits per heavy atom. The lowest BCUT2D eigenvalue weighted by Gasteiger charge is -2.28. The molecular weight excluding hydrogens is 502 g/mol. The minimum Gasteiger partial charge on any atom is -0.496 e. The highest BCUT2D eigenvalue weighted by Gasteiger charge is 2.24. The Hall–Kier alpha value is -4.78. The zero-order chi connectivity index (χ0) is 27.9. The van der Waals surface area contributed by atoms with E-state index in [0.717, 1.165) is 33.2 Å². The highest BCUT2D eigenvalue weighted by molar-refractivity contribution is 5.84. The molecule has 2 amide bonds. The number of benzene rings is 4. The highest BCUT2D eigenvalue weighted by Crippen LogP contribution is 2.33. The summed E-state index contributed by atoms with van der Waals surface area (Å²) in [4.78, 5) is 27.6. The SMILES string of the molecule is COc1ccccc1CN(CC(CC1=C[N]c2ccccc21)NC(=O)COc1ccc2ccccc2c1)C(C)=O. The first kappa shape index (κ1) is 26.8. The first-order valence-corrected chi connectivity index (χ1v) is 13.3. The maximum atomic E-state index is 13.1. The van der Waals surface area contributed by atoms with E-state index in [2.05, 4.69) is 10.6 Å². The Labute approximate surface area is 234 Å². The Kier molecular flexibility index (Phi) is 8.30. The lowest BCUT2D eigenvalue weighted by molar-refractivity contribution is -0.131. The third-order valence-electron chi connectivity index (χ3n) is 6.97. The molecule has 0 spiro atoms. The van der Waals surface area contributed by atoms with Crippen molar-refractivity contribution in [3.63, 3.8) is 0 Å². The van der Waals surface area contributed by atoms with Gasteiger partial charge in [0, 0.05) is 37.3 Å².